The molecule has 0 fully saturated rings. The fourth-order valence-corrected chi connectivity index (χ4v) is 1.75. The van der Waals surface area contributed by atoms with Gasteiger partial charge in [-0.25, -0.2) is 4.39 Å². The average Bonchev–Trinajstić information content (AvgIpc) is 2.33. The third-order valence-electron chi connectivity index (χ3n) is 2.59. The zero-order chi connectivity index (χ0) is 13.4. The van der Waals surface area contributed by atoms with Crippen molar-refractivity contribution in [1.29, 1.82) is 0 Å². The monoisotopic (exact) mass is 274 g/mol. The predicted octanol–water partition coefficient (Wildman–Crippen LogP) is 2.19. The van der Waals surface area contributed by atoms with Crippen LogP contribution >= 0.6 is 11.6 Å². The summed E-state index contributed by atoms with van der Waals surface area (Å²) in [5.41, 5.74) is 0.904. The molecule has 0 spiro atoms. The lowest BCUT2D eigenvalue weighted by Crippen LogP contribution is -2.37. The van der Waals surface area contributed by atoms with E-state index < -0.39 is 0 Å². The topological polar surface area (TPSA) is 33.3 Å². The van der Waals surface area contributed by atoms with Crippen LogP contribution in [0, 0.1) is 5.82 Å². The minimum Gasteiger partial charge on any atom is -0.383 e. The van der Waals surface area contributed by atoms with E-state index in [1.165, 1.54) is 12.1 Å². The number of hydrogen-bond donors (Lipinski definition) is 2. The Morgan fingerprint density at radius 3 is 2.89 bits per heavy atom. The maximum Gasteiger partial charge on any atom is 0.124 e. The molecule has 1 aromatic rings. The van der Waals surface area contributed by atoms with Gasteiger partial charge < -0.3 is 15.4 Å². The normalized spacial score (nSPS) is 12.7. The Labute approximate surface area is 113 Å². The van der Waals surface area contributed by atoms with E-state index in [-0.39, 0.29) is 5.82 Å². The molecule has 5 heteroatoms. The summed E-state index contributed by atoms with van der Waals surface area (Å²) < 4.78 is 17.8. The predicted molar refractivity (Wildman–Crippen MR) is 72.5 cm³/mol. The van der Waals surface area contributed by atoms with Gasteiger partial charge in [-0.15, -0.1) is 0 Å². The molecule has 18 heavy (non-hydrogen) atoms. The SMILES string of the molecule is COCCNCC(C)NCc1ccc(F)cc1Cl. The molecule has 102 valence electrons. The molecule has 0 saturated heterocycles. The van der Waals surface area contributed by atoms with E-state index in [2.05, 4.69) is 17.6 Å². The second-order valence-electron chi connectivity index (χ2n) is 4.21. The number of rotatable bonds is 8. The van der Waals surface area contributed by atoms with Crippen molar-refractivity contribution in [3.63, 3.8) is 0 Å². The van der Waals surface area contributed by atoms with Gasteiger partial charge in [0.05, 0.1) is 6.61 Å². The van der Waals surface area contributed by atoms with Gasteiger partial charge in [-0.3, -0.25) is 0 Å². The smallest absolute Gasteiger partial charge is 0.124 e. The Balaban J connectivity index is 2.27. The van der Waals surface area contributed by atoms with Crippen molar-refractivity contribution in [3.8, 4) is 0 Å². The minimum absolute atomic E-state index is 0.307. The van der Waals surface area contributed by atoms with E-state index >= 15 is 0 Å². The van der Waals surface area contributed by atoms with Crippen LogP contribution in [0.25, 0.3) is 0 Å². The third-order valence-corrected chi connectivity index (χ3v) is 2.94. The number of hydrogen-bond acceptors (Lipinski definition) is 3. The van der Waals surface area contributed by atoms with E-state index in [4.69, 9.17) is 16.3 Å². The van der Waals surface area contributed by atoms with Crippen molar-refractivity contribution >= 4 is 11.6 Å². The maximum atomic E-state index is 12.9. The van der Waals surface area contributed by atoms with Crippen molar-refractivity contribution in [2.45, 2.75) is 19.5 Å². The highest BCUT2D eigenvalue weighted by molar-refractivity contribution is 6.31. The van der Waals surface area contributed by atoms with E-state index in [1.54, 1.807) is 13.2 Å². The number of benzene rings is 1. The molecule has 0 amide bonds. The summed E-state index contributed by atoms with van der Waals surface area (Å²) in [6.07, 6.45) is 0. The standard InChI is InChI=1S/C13H20ClFN2O/c1-10(8-16-5-6-18-2)17-9-11-3-4-12(15)7-13(11)14/h3-4,7,10,16-17H,5-6,8-9H2,1-2H3. The second-order valence-corrected chi connectivity index (χ2v) is 4.62. The first-order chi connectivity index (χ1) is 8.63. The van der Waals surface area contributed by atoms with Gasteiger partial charge in [0.25, 0.3) is 0 Å². The molecule has 0 aliphatic heterocycles. The van der Waals surface area contributed by atoms with Crippen molar-refractivity contribution in [2.24, 2.45) is 0 Å². The summed E-state index contributed by atoms with van der Waals surface area (Å²) in [6, 6.07) is 4.77. The molecule has 0 radical (unpaired) electrons. The Morgan fingerprint density at radius 2 is 2.22 bits per heavy atom. The summed E-state index contributed by atoms with van der Waals surface area (Å²) >= 11 is 5.95. The van der Waals surface area contributed by atoms with Crippen molar-refractivity contribution in [3.05, 3.63) is 34.6 Å². The summed E-state index contributed by atoms with van der Waals surface area (Å²) in [5.74, 6) is -0.307. The van der Waals surface area contributed by atoms with E-state index in [9.17, 15) is 4.39 Å². The van der Waals surface area contributed by atoms with Crippen LogP contribution in [0.1, 0.15) is 12.5 Å². The molecule has 0 aliphatic rings. The van der Waals surface area contributed by atoms with E-state index in [0.717, 1.165) is 18.7 Å². The lowest BCUT2D eigenvalue weighted by atomic mass is 10.2. The lowest BCUT2D eigenvalue weighted by molar-refractivity contribution is 0.198. The van der Waals surface area contributed by atoms with Crippen LogP contribution in [0.15, 0.2) is 18.2 Å². The highest BCUT2D eigenvalue weighted by Crippen LogP contribution is 2.16. The first-order valence-corrected chi connectivity index (χ1v) is 6.38. The van der Waals surface area contributed by atoms with Gasteiger partial charge in [0, 0.05) is 37.8 Å². The van der Waals surface area contributed by atoms with Crippen LogP contribution in [0.4, 0.5) is 4.39 Å². The van der Waals surface area contributed by atoms with Crippen molar-refractivity contribution in [1.82, 2.24) is 10.6 Å². The summed E-state index contributed by atoms with van der Waals surface area (Å²) in [6.45, 7) is 5.10. The Bertz CT molecular complexity index is 363. The van der Waals surface area contributed by atoms with Crippen molar-refractivity contribution in [2.75, 3.05) is 26.8 Å². The van der Waals surface area contributed by atoms with Gasteiger partial charge >= 0.3 is 0 Å². The molecule has 3 nitrogen and oxygen atoms in total. The van der Waals surface area contributed by atoms with Crippen LogP contribution in [-0.4, -0.2) is 32.8 Å². The maximum absolute atomic E-state index is 12.9. The molecule has 1 unspecified atom stereocenters. The molecule has 0 bridgehead atoms. The highest BCUT2D eigenvalue weighted by atomic mass is 35.5. The van der Waals surface area contributed by atoms with Crippen molar-refractivity contribution < 1.29 is 9.13 Å². The van der Waals surface area contributed by atoms with Crippen LogP contribution in [0.5, 0.6) is 0 Å². The van der Waals surface area contributed by atoms with E-state index in [0.29, 0.717) is 24.2 Å². The zero-order valence-corrected chi connectivity index (χ0v) is 11.6. The first kappa shape index (κ1) is 15.4. The summed E-state index contributed by atoms with van der Waals surface area (Å²) in [4.78, 5) is 0. The second kappa shape index (κ2) is 8.43. The van der Waals surface area contributed by atoms with E-state index in [1.807, 2.05) is 0 Å². The van der Waals surface area contributed by atoms with Crippen LogP contribution < -0.4 is 10.6 Å². The fourth-order valence-electron chi connectivity index (χ4n) is 1.51. The molecule has 1 atom stereocenters. The molecule has 0 aliphatic carbocycles. The molecule has 1 rings (SSSR count). The van der Waals surface area contributed by atoms with Crippen LogP contribution in [-0.2, 0) is 11.3 Å². The van der Waals surface area contributed by atoms with Gasteiger partial charge in [0.15, 0.2) is 0 Å². The molecule has 0 heterocycles. The molecule has 2 N–H and O–H groups in total. The Kier molecular flexibility index (Phi) is 7.20. The average molecular weight is 275 g/mol. The molecule has 0 aromatic heterocycles. The summed E-state index contributed by atoms with van der Waals surface area (Å²) in [7, 11) is 1.68. The van der Waals surface area contributed by atoms with Crippen LogP contribution in [0.3, 0.4) is 0 Å². The Hall–Kier alpha value is -0.680. The molecular formula is C13H20ClFN2O. The molecule has 0 saturated carbocycles. The quantitative estimate of drug-likeness (QED) is 0.713. The number of methoxy groups -OCH3 is 1. The zero-order valence-electron chi connectivity index (χ0n) is 10.8. The minimum atomic E-state index is -0.307. The largest absolute Gasteiger partial charge is 0.383 e. The number of ether oxygens (including phenoxy) is 1. The lowest BCUT2D eigenvalue weighted by Gasteiger charge is -2.15. The van der Waals surface area contributed by atoms with Gasteiger partial charge in [0.2, 0.25) is 0 Å². The van der Waals surface area contributed by atoms with Gasteiger partial charge in [0.1, 0.15) is 5.82 Å². The van der Waals surface area contributed by atoms with Gasteiger partial charge in [-0.1, -0.05) is 17.7 Å². The highest BCUT2D eigenvalue weighted by Gasteiger charge is 2.04. The summed E-state index contributed by atoms with van der Waals surface area (Å²) in [5, 5.41) is 7.05. The first-order valence-electron chi connectivity index (χ1n) is 6.00. The Morgan fingerprint density at radius 1 is 1.44 bits per heavy atom. The fraction of sp³-hybridized carbons (Fsp3) is 0.538. The van der Waals surface area contributed by atoms with Gasteiger partial charge in [-0.05, 0) is 24.6 Å². The molecular weight excluding hydrogens is 255 g/mol. The molecule has 1 aromatic carbocycles. The van der Waals surface area contributed by atoms with Gasteiger partial charge in [-0.2, -0.15) is 0 Å². The number of nitrogens with one attached hydrogen (secondary N) is 2. The number of halogens is 2. The van der Waals surface area contributed by atoms with Crippen LogP contribution in [0.2, 0.25) is 5.02 Å². The third kappa shape index (κ3) is 5.78.